The van der Waals surface area contributed by atoms with Crippen LogP contribution in [0.2, 0.25) is 0 Å². The van der Waals surface area contributed by atoms with E-state index in [9.17, 15) is 9.90 Å². The number of hydrogen-bond acceptors (Lipinski definition) is 3. The predicted molar refractivity (Wildman–Crippen MR) is 90.9 cm³/mol. The van der Waals surface area contributed by atoms with Crippen LogP contribution in [0.5, 0.6) is 0 Å². The second-order valence-electron chi connectivity index (χ2n) is 6.81. The number of carbonyl (C=O) groups is 1. The summed E-state index contributed by atoms with van der Waals surface area (Å²) in [6, 6.07) is 8.17. The monoisotopic (exact) mass is 310 g/mol. The van der Waals surface area contributed by atoms with Gasteiger partial charge >= 0.3 is 5.97 Å². The van der Waals surface area contributed by atoms with Gasteiger partial charge in [0.1, 0.15) is 11.3 Å². The third-order valence-corrected chi connectivity index (χ3v) is 4.79. The fourth-order valence-electron chi connectivity index (χ4n) is 3.39. The van der Waals surface area contributed by atoms with Gasteiger partial charge in [0.2, 0.25) is 0 Å². The molecule has 0 spiro atoms. The SMILES string of the molecule is CC1=CC(O)=C(C(=O)OC(C)C)C2=Cc3ccccc3CC12C. The van der Waals surface area contributed by atoms with Crippen molar-refractivity contribution in [3.05, 3.63) is 63.9 Å². The van der Waals surface area contributed by atoms with Crippen molar-refractivity contribution >= 4 is 12.0 Å². The molecule has 3 nitrogen and oxygen atoms in total. The number of aliphatic hydroxyl groups excluding tert-OH is 1. The van der Waals surface area contributed by atoms with Crippen LogP contribution in [0.1, 0.15) is 38.8 Å². The van der Waals surface area contributed by atoms with Crippen LogP contribution in [-0.2, 0) is 16.0 Å². The van der Waals surface area contributed by atoms with Gasteiger partial charge in [-0.05, 0) is 56.0 Å². The summed E-state index contributed by atoms with van der Waals surface area (Å²) in [5, 5.41) is 10.4. The fourth-order valence-corrected chi connectivity index (χ4v) is 3.39. The number of rotatable bonds is 2. The molecular weight excluding hydrogens is 288 g/mol. The van der Waals surface area contributed by atoms with Gasteiger partial charge in [0.25, 0.3) is 0 Å². The van der Waals surface area contributed by atoms with Crippen molar-refractivity contribution in [2.45, 2.75) is 40.2 Å². The first kappa shape index (κ1) is 15.6. The van der Waals surface area contributed by atoms with Crippen molar-refractivity contribution in [2.75, 3.05) is 0 Å². The molecule has 120 valence electrons. The van der Waals surface area contributed by atoms with Crippen LogP contribution < -0.4 is 0 Å². The first-order chi connectivity index (χ1) is 10.8. The predicted octanol–water partition coefficient (Wildman–Crippen LogP) is 4.36. The van der Waals surface area contributed by atoms with E-state index in [0.717, 1.165) is 23.1 Å². The molecule has 23 heavy (non-hydrogen) atoms. The Labute approximate surface area is 137 Å². The Bertz CT molecular complexity index is 765. The summed E-state index contributed by atoms with van der Waals surface area (Å²) in [6.45, 7) is 7.74. The number of ether oxygens (including phenoxy) is 1. The van der Waals surface area contributed by atoms with Gasteiger partial charge in [0, 0.05) is 5.41 Å². The van der Waals surface area contributed by atoms with Crippen LogP contribution in [0, 0.1) is 5.41 Å². The van der Waals surface area contributed by atoms with E-state index in [0.29, 0.717) is 5.57 Å². The number of benzene rings is 1. The molecule has 1 aromatic carbocycles. The van der Waals surface area contributed by atoms with Crippen LogP contribution >= 0.6 is 0 Å². The van der Waals surface area contributed by atoms with E-state index in [1.165, 1.54) is 5.56 Å². The second kappa shape index (κ2) is 5.41. The van der Waals surface area contributed by atoms with Gasteiger partial charge in [-0.25, -0.2) is 4.79 Å². The van der Waals surface area contributed by atoms with Crippen LogP contribution in [0.4, 0.5) is 0 Å². The largest absolute Gasteiger partial charge is 0.507 e. The van der Waals surface area contributed by atoms with Crippen LogP contribution in [0.15, 0.2) is 52.8 Å². The number of hydrogen-bond donors (Lipinski definition) is 1. The Morgan fingerprint density at radius 2 is 1.96 bits per heavy atom. The molecule has 1 atom stereocenters. The molecule has 0 amide bonds. The van der Waals surface area contributed by atoms with E-state index in [-0.39, 0.29) is 17.3 Å². The molecule has 0 radical (unpaired) electrons. The van der Waals surface area contributed by atoms with Crippen molar-refractivity contribution in [1.29, 1.82) is 0 Å². The van der Waals surface area contributed by atoms with Gasteiger partial charge in [0.15, 0.2) is 0 Å². The fraction of sp³-hybridized carbons (Fsp3) is 0.350. The molecule has 1 aromatic rings. The van der Waals surface area contributed by atoms with Crippen LogP contribution in [0.3, 0.4) is 0 Å². The maximum atomic E-state index is 12.5. The lowest BCUT2D eigenvalue weighted by atomic mass is 9.63. The highest BCUT2D eigenvalue weighted by atomic mass is 16.5. The standard InChI is InChI=1S/C20H22O3/c1-12(2)23-19(22)18-16-10-14-7-5-6-8-15(14)11-20(16,4)13(3)9-17(18)21/h5-10,12,21H,11H2,1-4H3. The zero-order valence-corrected chi connectivity index (χ0v) is 14.0. The highest BCUT2D eigenvalue weighted by Gasteiger charge is 2.42. The third-order valence-electron chi connectivity index (χ3n) is 4.79. The normalized spacial score (nSPS) is 23.0. The van der Waals surface area contributed by atoms with E-state index in [2.05, 4.69) is 13.0 Å². The highest BCUT2D eigenvalue weighted by molar-refractivity contribution is 5.98. The number of carbonyl (C=O) groups excluding carboxylic acids is 1. The maximum Gasteiger partial charge on any atom is 0.342 e. The Hall–Kier alpha value is -2.29. The lowest BCUT2D eigenvalue weighted by Gasteiger charge is -2.40. The van der Waals surface area contributed by atoms with Crippen molar-refractivity contribution in [1.82, 2.24) is 0 Å². The van der Waals surface area contributed by atoms with E-state index in [4.69, 9.17) is 4.74 Å². The van der Waals surface area contributed by atoms with Crippen molar-refractivity contribution in [2.24, 2.45) is 5.41 Å². The smallest absolute Gasteiger partial charge is 0.342 e. The van der Waals surface area contributed by atoms with Gasteiger partial charge < -0.3 is 9.84 Å². The van der Waals surface area contributed by atoms with E-state index in [1.807, 2.05) is 45.0 Å². The zero-order chi connectivity index (χ0) is 16.8. The average Bonchev–Trinajstić information content (AvgIpc) is 2.46. The molecule has 1 unspecified atom stereocenters. The summed E-state index contributed by atoms with van der Waals surface area (Å²) in [4.78, 5) is 12.5. The van der Waals surface area contributed by atoms with Crippen molar-refractivity contribution < 1.29 is 14.6 Å². The molecule has 2 aliphatic rings. The molecule has 0 saturated heterocycles. The minimum Gasteiger partial charge on any atom is -0.507 e. The molecule has 0 fully saturated rings. The van der Waals surface area contributed by atoms with Gasteiger partial charge in [-0.2, -0.15) is 0 Å². The van der Waals surface area contributed by atoms with Gasteiger partial charge in [0.05, 0.1) is 6.10 Å². The lowest BCUT2D eigenvalue weighted by Crippen LogP contribution is -2.33. The molecule has 0 saturated carbocycles. The molecule has 0 heterocycles. The van der Waals surface area contributed by atoms with Gasteiger partial charge in [-0.15, -0.1) is 0 Å². The Morgan fingerprint density at radius 1 is 1.26 bits per heavy atom. The van der Waals surface area contributed by atoms with E-state index < -0.39 is 5.97 Å². The highest BCUT2D eigenvalue weighted by Crippen LogP contribution is 2.50. The average molecular weight is 310 g/mol. The first-order valence-electron chi connectivity index (χ1n) is 7.96. The summed E-state index contributed by atoms with van der Waals surface area (Å²) in [5.41, 5.74) is 4.24. The van der Waals surface area contributed by atoms with Crippen molar-refractivity contribution in [3.63, 3.8) is 0 Å². The Kier molecular flexibility index (Phi) is 3.67. The number of fused-ring (bicyclic) bond motifs is 2. The summed E-state index contributed by atoms with van der Waals surface area (Å²) in [5.74, 6) is -0.464. The summed E-state index contributed by atoms with van der Waals surface area (Å²) < 4.78 is 5.35. The maximum absolute atomic E-state index is 12.5. The number of esters is 1. The molecule has 3 heteroatoms. The zero-order valence-electron chi connectivity index (χ0n) is 14.0. The molecule has 3 rings (SSSR count). The first-order valence-corrected chi connectivity index (χ1v) is 7.96. The summed E-state index contributed by atoms with van der Waals surface area (Å²) >= 11 is 0. The Balaban J connectivity index is 2.18. The molecule has 0 aliphatic heterocycles. The molecule has 0 aromatic heterocycles. The van der Waals surface area contributed by atoms with Crippen LogP contribution in [0.25, 0.3) is 6.08 Å². The van der Waals surface area contributed by atoms with Gasteiger partial charge in [-0.3, -0.25) is 0 Å². The quantitative estimate of drug-likeness (QED) is 0.826. The van der Waals surface area contributed by atoms with Crippen LogP contribution in [-0.4, -0.2) is 17.2 Å². The lowest BCUT2D eigenvalue weighted by molar-refractivity contribution is -0.142. The molecular formula is C20H22O3. The Morgan fingerprint density at radius 3 is 2.65 bits per heavy atom. The van der Waals surface area contributed by atoms with E-state index in [1.54, 1.807) is 6.08 Å². The summed E-state index contributed by atoms with van der Waals surface area (Å²) in [7, 11) is 0. The molecule has 2 aliphatic carbocycles. The number of aliphatic hydroxyl groups is 1. The topological polar surface area (TPSA) is 46.5 Å². The molecule has 1 N–H and O–H groups in total. The molecule has 0 bridgehead atoms. The minimum absolute atomic E-state index is 0.00347. The number of allylic oxidation sites excluding steroid dienone is 2. The summed E-state index contributed by atoms with van der Waals surface area (Å²) in [6.07, 6.45) is 4.30. The van der Waals surface area contributed by atoms with E-state index >= 15 is 0 Å². The third kappa shape index (κ3) is 2.50. The second-order valence-corrected chi connectivity index (χ2v) is 6.81. The van der Waals surface area contributed by atoms with Gasteiger partial charge in [-0.1, -0.05) is 36.8 Å². The minimum atomic E-state index is -0.460. The van der Waals surface area contributed by atoms with Crippen molar-refractivity contribution in [3.8, 4) is 0 Å².